The summed E-state index contributed by atoms with van der Waals surface area (Å²) in [6.45, 7) is 4.49. The molecule has 0 fully saturated rings. The van der Waals surface area contributed by atoms with E-state index in [1.165, 1.54) is 0 Å². The van der Waals surface area contributed by atoms with Crippen LogP contribution in [0.1, 0.15) is 32.7 Å². The number of hydrogen-bond donors (Lipinski definition) is 1. The number of likely N-dealkylation sites (N-methyl/N-ethyl adjacent to an activating group) is 1. The van der Waals surface area contributed by atoms with Crippen LogP contribution in [-0.2, 0) is 0 Å². The van der Waals surface area contributed by atoms with Gasteiger partial charge in [0.2, 0.25) is 5.95 Å². The highest BCUT2D eigenvalue weighted by Gasteiger charge is 2.19. The number of halogens is 1. The smallest absolute Gasteiger partial charge is 0.252 e. The first-order valence-corrected chi connectivity index (χ1v) is 9.89. The molecule has 2 aromatic heterocycles. The minimum atomic E-state index is -0.0826. The van der Waals surface area contributed by atoms with Crippen LogP contribution in [0.15, 0.2) is 41.2 Å². The van der Waals surface area contributed by atoms with Crippen LogP contribution in [0.25, 0.3) is 22.3 Å². The molecule has 7 heteroatoms. The van der Waals surface area contributed by atoms with Gasteiger partial charge in [0.25, 0.3) is 5.56 Å². The molecule has 0 spiro atoms. The van der Waals surface area contributed by atoms with Gasteiger partial charge in [-0.3, -0.25) is 9.36 Å². The van der Waals surface area contributed by atoms with Crippen LogP contribution in [0.4, 0.5) is 5.95 Å². The Labute approximate surface area is 169 Å². The molecule has 0 bridgehead atoms. The predicted octanol–water partition coefficient (Wildman–Crippen LogP) is 3.90. The average Bonchev–Trinajstić information content (AvgIpc) is 2.70. The first-order valence-electron chi connectivity index (χ1n) is 9.51. The zero-order chi connectivity index (χ0) is 20.3. The molecule has 0 saturated carbocycles. The zero-order valence-corrected chi connectivity index (χ0v) is 17.1. The van der Waals surface area contributed by atoms with Crippen molar-refractivity contribution in [2.24, 2.45) is 0 Å². The third-order valence-electron chi connectivity index (χ3n) is 4.99. The predicted molar refractivity (Wildman–Crippen MR) is 114 cm³/mol. The lowest BCUT2D eigenvalue weighted by atomic mass is 10.1. The van der Waals surface area contributed by atoms with E-state index in [0.717, 1.165) is 23.8 Å². The number of aliphatic hydroxyl groups is 1. The van der Waals surface area contributed by atoms with Crippen LogP contribution in [0.2, 0.25) is 5.02 Å². The Morgan fingerprint density at radius 2 is 1.86 bits per heavy atom. The maximum Gasteiger partial charge on any atom is 0.252 e. The van der Waals surface area contributed by atoms with Crippen LogP contribution >= 0.6 is 11.6 Å². The van der Waals surface area contributed by atoms with Crippen LogP contribution in [0.3, 0.4) is 0 Å². The minimum absolute atomic E-state index is 0.0204. The molecule has 148 valence electrons. The lowest BCUT2D eigenvalue weighted by molar-refractivity contribution is 0.303. The van der Waals surface area contributed by atoms with E-state index in [4.69, 9.17) is 21.6 Å². The van der Waals surface area contributed by atoms with Crippen molar-refractivity contribution in [1.29, 1.82) is 0 Å². The average molecular weight is 401 g/mol. The molecule has 0 saturated heterocycles. The fraction of sp³-hybridized carbons (Fsp3) is 0.381. The molecular weight excluding hydrogens is 376 g/mol. The molecule has 0 aliphatic rings. The molecule has 28 heavy (non-hydrogen) atoms. The third-order valence-corrected chi connectivity index (χ3v) is 5.31. The normalized spacial score (nSPS) is 11.4. The molecule has 0 unspecified atom stereocenters. The SMILES string of the molecule is CCC(CC)n1c(=O)ccc2c(-c3ccccc3Cl)nc(N(C)CCO)nc21. The number of aromatic nitrogens is 3. The summed E-state index contributed by atoms with van der Waals surface area (Å²) in [6.07, 6.45) is 1.64. The van der Waals surface area contributed by atoms with E-state index < -0.39 is 0 Å². The molecule has 0 amide bonds. The van der Waals surface area contributed by atoms with E-state index in [1.54, 1.807) is 21.6 Å². The summed E-state index contributed by atoms with van der Waals surface area (Å²) in [6, 6.07) is 10.9. The van der Waals surface area contributed by atoms with Gasteiger partial charge in [-0.25, -0.2) is 4.98 Å². The Bertz CT molecular complexity index is 1030. The monoisotopic (exact) mass is 400 g/mol. The van der Waals surface area contributed by atoms with Gasteiger partial charge in [0.1, 0.15) is 5.65 Å². The maximum absolute atomic E-state index is 12.7. The van der Waals surface area contributed by atoms with Gasteiger partial charge in [-0.15, -0.1) is 0 Å². The molecule has 6 nitrogen and oxygen atoms in total. The highest BCUT2D eigenvalue weighted by atomic mass is 35.5. The lowest BCUT2D eigenvalue weighted by Gasteiger charge is -2.22. The molecule has 1 N–H and O–H groups in total. The van der Waals surface area contributed by atoms with E-state index in [1.807, 2.05) is 31.3 Å². The Morgan fingerprint density at radius 1 is 1.14 bits per heavy atom. The van der Waals surface area contributed by atoms with Crippen LogP contribution in [0, 0.1) is 0 Å². The summed E-state index contributed by atoms with van der Waals surface area (Å²) in [5, 5.41) is 10.7. The van der Waals surface area contributed by atoms with Gasteiger partial charge in [0.15, 0.2) is 0 Å². The minimum Gasteiger partial charge on any atom is -0.395 e. The van der Waals surface area contributed by atoms with E-state index in [-0.39, 0.29) is 18.2 Å². The Balaban J connectivity index is 2.40. The van der Waals surface area contributed by atoms with Crippen molar-refractivity contribution in [2.45, 2.75) is 32.7 Å². The van der Waals surface area contributed by atoms with Crippen molar-refractivity contribution >= 4 is 28.6 Å². The van der Waals surface area contributed by atoms with Gasteiger partial charge >= 0.3 is 0 Å². The van der Waals surface area contributed by atoms with Crippen LogP contribution < -0.4 is 10.5 Å². The molecule has 2 heterocycles. The van der Waals surface area contributed by atoms with Gasteiger partial charge in [-0.1, -0.05) is 43.6 Å². The van der Waals surface area contributed by atoms with Gasteiger partial charge in [0, 0.05) is 41.7 Å². The van der Waals surface area contributed by atoms with Gasteiger partial charge in [-0.2, -0.15) is 4.98 Å². The lowest BCUT2D eigenvalue weighted by Crippen LogP contribution is -2.27. The Kier molecular flexibility index (Phi) is 6.31. The zero-order valence-electron chi connectivity index (χ0n) is 16.4. The Morgan fingerprint density at radius 3 is 2.50 bits per heavy atom. The second-order valence-corrected chi connectivity index (χ2v) is 7.15. The number of pyridine rings is 1. The maximum atomic E-state index is 12.7. The third kappa shape index (κ3) is 3.75. The quantitative estimate of drug-likeness (QED) is 0.651. The molecule has 0 aliphatic carbocycles. The van der Waals surface area contributed by atoms with Crippen molar-refractivity contribution < 1.29 is 5.11 Å². The number of benzene rings is 1. The second-order valence-electron chi connectivity index (χ2n) is 6.75. The summed E-state index contributed by atoms with van der Waals surface area (Å²) in [5.41, 5.74) is 1.96. The number of rotatable bonds is 7. The second kappa shape index (κ2) is 8.71. The molecule has 3 rings (SSSR count). The molecular formula is C21H25ClN4O2. The fourth-order valence-corrected chi connectivity index (χ4v) is 3.63. The van der Waals surface area contributed by atoms with Gasteiger partial charge < -0.3 is 10.0 Å². The summed E-state index contributed by atoms with van der Waals surface area (Å²) < 4.78 is 1.76. The number of anilines is 1. The standard InChI is InChI=1S/C21H25ClN4O2/c1-4-14(5-2)26-18(28)11-10-16-19(15-8-6-7-9-17(15)22)23-21(24-20(16)26)25(3)12-13-27/h6-11,14,27H,4-5,12-13H2,1-3H3. The molecule has 3 aromatic rings. The number of fused-ring (bicyclic) bond motifs is 1. The highest BCUT2D eigenvalue weighted by molar-refractivity contribution is 6.33. The van der Waals surface area contributed by atoms with Crippen LogP contribution in [-0.4, -0.2) is 39.8 Å². The van der Waals surface area contributed by atoms with Crippen molar-refractivity contribution in [3.63, 3.8) is 0 Å². The fourth-order valence-electron chi connectivity index (χ4n) is 3.41. The largest absolute Gasteiger partial charge is 0.395 e. The summed E-state index contributed by atoms with van der Waals surface area (Å²) in [4.78, 5) is 24.0. The molecule has 0 aliphatic heterocycles. The topological polar surface area (TPSA) is 71.2 Å². The number of aliphatic hydroxyl groups excluding tert-OH is 1. The van der Waals surface area contributed by atoms with Gasteiger partial charge in [-0.05, 0) is 25.0 Å². The molecule has 1 aromatic carbocycles. The van der Waals surface area contributed by atoms with E-state index in [9.17, 15) is 9.90 Å². The molecule has 0 radical (unpaired) electrons. The number of hydrogen-bond acceptors (Lipinski definition) is 5. The first kappa shape index (κ1) is 20.3. The van der Waals surface area contributed by atoms with E-state index in [0.29, 0.717) is 28.9 Å². The van der Waals surface area contributed by atoms with Gasteiger partial charge in [0.05, 0.1) is 12.3 Å². The van der Waals surface area contributed by atoms with Crippen molar-refractivity contribution in [2.75, 3.05) is 25.1 Å². The van der Waals surface area contributed by atoms with Crippen molar-refractivity contribution in [1.82, 2.24) is 14.5 Å². The number of nitrogens with zero attached hydrogens (tertiary/aromatic N) is 4. The van der Waals surface area contributed by atoms with E-state index in [2.05, 4.69) is 13.8 Å². The van der Waals surface area contributed by atoms with Crippen molar-refractivity contribution in [3.05, 3.63) is 51.8 Å². The molecule has 0 atom stereocenters. The van der Waals surface area contributed by atoms with E-state index >= 15 is 0 Å². The summed E-state index contributed by atoms with van der Waals surface area (Å²) in [5.74, 6) is 0.446. The highest BCUT2D eigenvalue weighted by Crippen LogP contribution is 2.33. The first-order chi connectivity index (χ1) is 13.5. The Hall–Kier alpha value is -2.44. The van der Waals surface area contributed by atoms with Crippen molar-refractivity contribution in [3.8, 4) is 11.3 Å². The van der Waals surface area contributed by atoms with Crippen LogP contribution in [0.5, 0.6) is 0 Å². The summed E-state index contributed by atoms with van der Waals surface area (Å²) >= 11 is 6.46. The summed E-state index contributed by atoms with van der Waals surface area (Å²) in [7, 11) is 1.82.